The minimum atomic E-state index is 0.398. The molecular formula is C20H29O2+. The largest absolute Gasteiger partial charge is 0.378 e. The van der Waals surface area contributed by atoms with Crippen molar-refractivity contribution in [2.75, 3.05) is 6.61 Å². The van der Waals surface area contributed by atoms with E-state index in [9.17, 15) is 4.79 Å². The van der Waals surface area contributed by atoms with E-state index in [-0.39, 0.29) is 0 Å². The van der Waals surface area contributed by atoms with Gasteiger partial charge in [-0.05, 0) is 80.3 Å². The normalized spacial score (nSPS) is 40.9. The van der Waals surface area contributed by atoms with Gasteiger partial charge in [-0.2, -0.15) is 0 Å². The Morgan fingerprint density at radius 2 is 2.05 bits per heavy atom. The number of rotatable bonds is 2. The summed E-state index contributed by atoms with van der Waals surface area (Å²) in [6.45, 7) is 5.49. The van der Waals surface area contributed by atoms with Crippen LogP contribution in [0.2, 0.25) is 0 Å². The van der Waals surface area contributed by atoms with E-state index in [2.05, 4.69) is 19.9 Å². The number of hydrogen-bond donors (Lipinski definition) is 0. The first-order chi connectivity index (χ1) is 10.6. The second-order valence-corrected chi connectivity index (χ2v) is 7.94. The smallest absolute Gasteiger partial charge is 0.317 e. The number of hydrogen-bond acceptors (Lipinski definition) is 1. The number of ether oxygens (including phenoxy) is 1. The lowest BCUT2D eigenvalue weighted by Crippen LogP contribution is -2.43. The molecule has 0 aliphatic heterocycles. The highest BCUT2D eigenvalue weighted by Crippen LogP contribution is 2.60. The van der Waals surface area contributed by atoms with Crippen molar-refractivity contribution in [2.24, 2.45) is 17.3 Å². The van der Waals surface area contributed by atoms with Gasteiger partial charge in [-0.25, -0.2) is 0 Å². The molecule has 0 aromatic rings. The van der Waals surface area contributed by atoms with Crippen molar-refractivity contribution in [3.05, 3.63) is 22.8 Å². The molecule has 4 aliphatic carbocycles. The molecule has 22 heavy (non-hydrogen) atoms. The van der Waals surface area contributed by atoms with Crippen LogP contribution < -0.4 is 0 Å². The van der Waals surface area contributed by atoms with Crippen LogP contribution in [0.1, 0.15) is 65.2 Å². The van der Waals surface area contributed by atoms with Gasteiger partial charge in [0.05, 0.1) is 12.5 Å². The molecule has 1 N–H and O–H groups in total. The highest BCUT2D eigenvalue weighted by molar-refractivity contribution is 5.93. The first-order valence-electron chi connectivity index (χ1n) is 9.22. The van der Waals surface area contributed by atoms with Crippen molar-refractivity contribution in [2.45, 2.75) is 71.3 Å². The Balaban J connectivity index is 1.67. The number of fused-ring (bicyclic) bond motifs is 4. The molecule has 4 atom stereocenters. The molecule has 0 heterocycles. The Morgan fingerprint density at radius 1 is 1.18 bits per heavy atom. The molecule has 2 fully saturated rings. The third-order valence-electron chi connectivity index (χ3n) is 7.03. The van der Waals surface area contributed by atoms with Crippen molar-refractivity contribution >= 4 is 5.78 Å². The highest BCUT2D eigenvalue weighted by atomic mass is 16.5. The lowest BCUT2D eigenvalue weighted by molar-refractivity contribution is -0.0443. The van der Waals surface area contributed by atoms with Crippen LogP contribution >= 0.6 is 0 Å². The van der Waals surface area contributed by atoms with Crippen LogP contribution in [0.25, 0.3) is 0 Å². The molecule has 0 radical (unpaired) electrons. The summed E-state index contributed by atoms with van der Waals surface area (Å²) in [6.07, 6.45) is 12.1. The Bertz CT molecular complexity index is 556. The van der Waals surface area contributed by atoms with Gasteiger partial charge in [0.25, 0.3) is 0 Å². The molecule has 120 valence electrons. The molecule has 2 heteroatoms. The van der Waals surface area contributed by atoms with Crippen LogP contribution in [0.3, 0.4) is 0 Å². The fourth-order valence-electron chi connectivity index (χ4n) is 5.97. The fourth-order valence-corrected chi connectivity index (χ4v) is 5.97. The Labute approximate surface area is 134 Å². The highest BCUT2D eigenvalue weighted by Gasteiger charge is 2.54. The average molecular weight is 301 g/mol. The quantitative estimate of drug-likeness (QED) is 0.687. The maximum Gasteiger partial charge on any atom is 0.317 e. The Kier molecular flexibility index (Phi) is 3.56. The zero-order valence-corrected chi connectivity index (χ0v) is 14.0. The van der Waals surface area contributed by atoms with Crippen LogP contribution in [0.4, 0.5) is 0 Å². The summed E-state index contributed by atoms with van der Waals surface area (Å²) in [5.41, 5.74) is 5.22. The minimum Gasteiger partial charge on any atom is -0.378 e. The van der Waals surface area contributed by atoms with Gasteiger partial charge in [-0.3, -0.25) is 4.79 Å². The van der Waals surface area contributed by atoms with E-state index < -0.39 is 0 Å². The van der Waals surface area contributed by atoms with Gasteiger partial charge in [0.2, 0.25) is 0 Å². The molecule has 0 spiro atoms. The molecule has 0 aromatic carbocycles. The lowest BCUT2D eigenvalue weighted by atomic mass is 9.57. The van der Waals surface area contributed by atoms with Crippen molar-refractivity contribution in [3.8, 4) is 0 Å². The van der Waals surface area contributed by atoms with Gasteiger partial charge in [0.1, 0.15) is 0 Å². The van der Waals surface area contributed by atoms with Gasteiger partial charge in [-0.15, -0.1) is 0 Å². The SMILES string of the molecule is CCO[C@H]1CC[C@H]2[C@@H]3CCC4=CC(=[OH+])CCC4=C3CC[C@]12C. The zero-order chi connectivity index (χ0) is 15.3. The maximum absolute atomic E-state index is 9.83. The van der Waals surface area contributed by atoms with E-state index in [4.69, 9.17) is 4.74 Å². The van der Waals surface area contributed by atoms with E-state index >= 15 is 0 Å². The third kappa shape index (κ3) is 2.06. The van der Waals surface area contributed by atoms with Crippen molar-refractivity contribution in [1.82, 2.24) is 0 Å². The van der Waals surface area contributed by atoms with Crippen LogP contribution in [0.15, 0.2) is 22.8 Å². The second kappa shape index (κ2) is 5.33. The van der Waals surface area contributed by atoms with Crippen molar-refractivity contribution in [3.63, 3.8) is 0 Å². The van der Waals surface area contributed by atoms with E-state index in [1.807, 2.05) is 0 Å². The number of allylic oxidation sites excluding steroid dienone is 4. The third-order valence-corrected chi connectivity index (χ3v) is 7.03. The summed E-state index contributed by atoms with van der Waals surface area (Å²) >= 11 is 0. The minimum absolute atomic E-state index is 0.398. The van der Waals surface area contributed by atoms with Crippen LogP contribution in [0, 0.1) is 17.3 Å². The van der Waals surface area contributed by atoms with E-state index in [1.165, 1.54) is 44.1 Å². The molecule has 0 saturated heterocycles. The molecule has 2 nitrogen and oxygen atoms in total. The molecule has 0 aromatic heterocycles. The Hall–Kier alpha value is -0.890. The van der Waals surface area contributed by atoms with E-state index in [0.29, 0.717) is 17.3 Å². The second-order valence-electron chi connectivity index (χ2n) is 7.94. The summed E-state index contributed by atoms with van der Waals surface area (Å²) < 4.78 is 6.11. The van der Waals surface area contributed by atoms with E-state index in [1.54, 1.807) is 11.1 Å². The first-order valence-corrected chi connectivity index (χ1v) is 9.22. The number of ketones is 1. The van der Waals surface area contributed by atoms with Crippen molar-refractivity contribution in [1.29, 1.82) is 0 Å². The van der Waals surface area contributed by atoms with E-state index in [0.717, 1.165) is 31.3 Å². The lowest BCUT2D eigenvalue weighted by Gasteiger charge is -2.48. The predicted octanol–water partition coefficient (Wildman–Crippen LogP) is 4.57. The summed E-state index contributed by atoms with van der Waals surface area (Å²) in [7, 11) is 0. The van der Waals surface area contributed by atoms with Gasteiger partial charge in [0.15, 0.2) is 0 Å². The molecular weight excluding hydrogens is 272 g/mol. The molecule has 0 unspecified atom stereocenters. The molecule has 2 saturated carbocycles. The molecule has 0 amide bonds. The van der Waals surface area contributed by atoms with Crippen LogP contribution in [-0.2, 0) is 4.74 Å². The predicted molar refractivity (Wildman–Crippen MR) is 89.5 cm³/mol. The molecule has 4 rings (SSSR count). The van der Waals surface area contributed by atoms with Crippen LogP contribution in [0.5, 0.6) is 0 Å². The number of carbonyl (C=O) groups excluding carboxylic acids is 1. The summed E-state index contributed by atoms with van der Waals surface area (Å²) in [5, 5.41) is 0. The monoisotopic (exact) mass is 301 g/mol. The Morgan fingerprint density at radius 3 is 2.86 bits per heavy atom. The molecule has 0 bridgehead atoms. The van der Waals surface area contributed by atoms with Gasteiger partial charge in [0, 0.05) is 12.7 Å². The van der Waals surface area contributed by atoms with Gasteiger partial charge >= 0.3 is 5.78 Å². The van der Waals surface area contributed by atoms with Crippen molar-refractivity contribution < 1.29 is 9.53 Å². The summed E-state index contributed by atoms with van der Waals surface area (Å²) in [6, 6.07) is 0. The summed E-state index contributed by atoms with van der Waals surface area (Å²) in [5.74, 6) is 2.20. The topological polar surface area (TPSA) is 30.6 Å². The van der Waals surface area contributed by atoms with Gasteiger partial charge < -0.3 is 4.74 Å². The van der Waals surface area contributed by atoms with Crippen LogP contribution in [-0.4, -0.2) is 23.3 Å². The maximum atomic E-state index is 9.83. The zero-order valence-electron chi connectivity index (χ0n) is 14.0. The first kappa shape index (κ1) is 14.7. The summed E-state index contributed by atoms with van der Waals surface area (Å²) in [4.78, 5) is 9.83. The fraction of sp³-hybridized carbons (Fsp3) is 0.750. The van der Waals surface area contributed by atoms with Gasteiger partial charge in [-0.1, -0.05) is 12.5 Å². The average Bonchev–Trinajstić information content (AvgIpc) is 2.84. The molecule has 4 aliphatic rings. The standard InChI is InChI=1S/C20H28O2/c1-3-22-19-9-8-18-17-6-4-13-12-14(21)5-7-15(13)16(17)10-11-20(18,19)2/h12,17-19H,3-11H2,1-2H3/p+1/t17-,18+,19+,20+/m1/s1.